The zero-order valence-corrected chi connectivity index (χ0v) is 20.9. The molecule has 2 aliphatic rings. The zero-order valence-electron chi connectivity index (χ0n) is 20.9. The van der Waals surface area contributed by atoms with Crippen LogP contribution < -0.4 is 10.1 Å². The summed E-state index contributed by atoms with van der Waals surface area (Å²) in [6.07, 6.45) is 7.33. The van der Waals surface area contributed by atoms with Crippen LogP contribution in [-0.4, -0.2) is 47.0 Å². The highest BCUT2D eigenvalue weighted by molar-refractivity contribution is 6.00. The molecule has 2 aromatic rings. The fourth-order valence-corrected chi connectivity index (χ4v) is 5.21. The molecule has 0 aromatic heterocycles. The maximum absolute atomic E-state index is 13.7. The van der Waals surface area contributed by atoms with Crippen molar-refractivity contribution in [1.82, 2.24) is 10.2 Å². The van der Waals surface area contributed by atoms with Gasteiger partial charge in [-0.15, -0.1) is 0 Å². The number of nitrogens with one attached hydrogen (secondary N) is 1. The van der Waals surface area contributed by atoms with Crippen molar-refractivity contribution in [2.45, 2.75) is 64.0 Å². The smallest absolute Gasteiger partial charge is 0.313 e. The lowest BCUT2D eigenvalue weighted by molar-refractivity contribution is -0.140. The first kappa shape index (κ1) is 25.5. The fourth-order valence-electron chi connectivity index (χ4n) is 5.21. The normalized spacial score (nSPS) is 19.5. The van der Waals surface area contributed by atoms with Crippen LogP contribution in [0.1, 0.15) is 79.4 Å². The van der Waals surface area contributed by atoms with E-state index in [2.05, 4.69) is 11.4 Å². The van der Waals surface area contributed by atoms with Gasteiger partial charge in [-0.3, -0.25) is 14.4 Å². The first-order chi connectivity index (χ1) is 17.4. The van der Waals surface area contributed by atoms with Crippen molar-refractivity contribution < 1.29 is 24.2 Å². The zero-order chi connectivity index (χ0) is 25.7. The summed E-state index contributed by atoms with van der Waals surface area (Å²) in [7, 11) is 0. The summed E-state index contributed by atoms with van der Waals surface area (Å²) in [5, 5.41) is 13.2. The van der Waals surface area contributed by atoms with Crippen LogP contribution in [0.5, 0.6) is 5.75 Å². The van der Waals surface area contributed by atoms with Gasteiger partial charge in [0, 0.05) is 23.7 Å². The molecule has 0 bridgehead atoms. The van der Waals surface area contributed by atoms with Gasteiger partial charge in [0.2, 0.25) is 0 Å². The Bertz CT molecular complexity index is 1160. The number of fused-ring (bicyclic) bond motifs is 1. The topological polar surface area (TPSA) is 95.9 Å². The van der Waals surface area contributed by atoms with E-state index < -0.39 is 17.9 Å². The van der Waals surface area contributed by atoms with E-state index >= 15 is 0 Å². The lowest BCUT2D eigenvalue weighted by Crippen LogP contribution is -2.45. The van der Waals surface area contributed by atoms with Crippen LogP contribution in [0.3, 0.4) is 0 Å². The van der Waals surface area contributed by atoms with E-state index in [0.29, 0.717) is 35.4 Å². The molecule has 1 heterocycles. The maximum Gasteiger partial charge on any atom is 0.313 e. The molecule has 36 heavy (non-hydrogen) atoms. The summed E-state index contributed by atoms with van der Waals surface area (Å²) in [6.45, 7) is 3.95. The van der Waals surface area contributed by atoms with Gasteiger partial charge in [-0.05, 0) is 63.6 Å². The van der Waals surface area contributed by atoms with Gasteiger partial charge in [-0.25, -0.2) is 0 Å². The van der Waals surface area contributed by atoms with Crippen LogP contribution >= 0.6 is 0 Å². The SMILES string of the molecule is CC(C)NC(=O)COc1ccccc1C1C(C(=O)O)c2ccccc2C(=O)N1CCC1=CCCCC1. The Morgan fingerprint density at radius 1 is 1.08 bits per heavy atom. The van der Waals surface area contributed by atoms with Gasteiger partial charge in [-0.2, -0.15) is 0 Å². The third kappa shape index (κ3) is 5.61. The van der Waals surface area contributed by atoms with Gasteiger partial charge in [0.25, 0.3) is 11.8 Å². The number of hydrogen-bond acceptors (Lipinski definition) is 4. The summed E-state index contributed by atoms with van der Waals surface area (Å²) in [5.41, 5.74) is 2.82. The molecular formula is C29H34N2O5. The van der Waals surface area contributed by atoms with E-state index in [-0.39, 0.29) is 24.5 Å². The molecule has 0 spiro atoms. The predicted molar refractivity (Wildman–Crippen MR) is 137 cm³/mol. The first-order valence-electron chi connectivity index (χ1n) is 12.7. The maximum atomic E-state index is 13.7. The monoisotopic (exact) mass is 490 g/mol. The van der Waals surface area contributed by atoms with E-state index in [4.69, 9.17) is 4.74 Å². The molecule has 190 valence electrons. The number of carbonyl (C=O) groups is 3. The number of rotatable bonds is 9. The fraction of sp³-hybridized carbons (Fsp3) is 0.414. The summed E-state index contributed by atoms with van der Waals surface area (Å²) in [6, 6.07) is 13.3. The quantitative estimate of drug-likeness (QED) is 0.490. The molecule has 2 atom stereocenters. The molecule has 2 amide bonds. The van der Waals surface area contributed by atoms with E-state index in [1.165, 1.54) is 12.0 Å². The van der Waals surface area contributed by atoms with Crippen molar-refractivity contribution in [3.05, 3.63) is 76.9 Å². The Labute approximate surface area is 212 Å². The molecule has 1 aliphatic carbocycles. The number of ether oxygens (including phenoxy) is 1. The molecule has 2 aromatic carbocycles. The average molecular weight is 491 g/mol. The molecule has 0 radical (unpaired) electrons. The van der Waals surface area contributed by atoms with Crippen LogP contribution in [0.15, 0.2) is 60.2 Å². The largest absolute Gasteiger partial charge is 0.483 e. The molecule has 1 aliphatic heterocycles. The van der Waals surface area contributed by atoms with Crippen molar-refractivity contribution in [3.63, 3.8) is 0 Å². The van der Waals surface area contributed by atoms with Crippen LogP contribution in [0.4, 0.5) is 0 Å². The molecule has 7 nitrogen and oxygen atoms in total. The first-order valence-corrected chi connectivity index (χ1v) is 12.7. The Kier molecular flexibility index (Phi) is 8.08. The average Bonchev–Trinajstić information content (AvgIpc) is 2.87. The number of carboxylic acids is 1. The lowest BCUT2D eigenvalue weighted by Gasteiger charge is -2.41. The van der Waals surface area contributed by atoms with Gasteiger partial charge in [0.05, 0.1) is 6.04 Å². The molecular weight excluding hydrogens is 456 g/mol. The highest BCUT2D eigenvalue weighted by Gasteiger charge is 2.45. The highest BCUT2D eigenvalue weighted by atomic mass is 16.5. The van der Waals surface area contributed by atoms with E-state index in [1.807, 2.05) is 19.9 Å². The Morgan fingerprint density at radius 3 is 2.50 bits per heavy atom. The van der Waals surface area contributed by atoms with Gasteiger partial charge in [0.1, 0.15) is 11.7 Å². The highest BCUT2D eigenvalue weighted by Crippen LogP contribution is 2.45. The number of benzene rings is 2. The molecule has 2 unspecified atom stereocenters. The number of allylic oxidation sites excluding steroid dienone is 1. The number of amides is 2. The minimum atomic E-state index is -1.01. The van der Waals surface area contributed by atoms with Crippen molar-refractivity contribution in [2.75, 3.05) is 13.2 Å². The van der Waals surface area contributed by atoms with Crippen molar-refractivity contribution in [3.8, 4) is 5.75 Å². The van der Waals surface area contributed by atoms with Gasteiger partial charge in [0.15, 0.2) is 6.61 Å². The van der Waals surface area contributed by atoms with Gasteiger partial charge >= 0.3 is 5.97 Å². The second kappa shape index (κ2) is 11.4. The van der Waals surface area contributed by atoms with Crippen LogP contribution in [0.2, 0.25) is 0 Å². The van der Waals surface area contributed by atoms with Crippen molar-refractivity contribution in [2.24, 2.45) is 0 Å². The molecule has 4 rings (SSSR count). The van der Waals surface area contributed by atoms with E-state index in [9.17, 15) is 19.5 Å². The summed E-state index contributed by atoms with van der Waals surface area (Å²) in [4.78, 5) is 40.4. The predicted octanol–water partition coefficient (Wildman–Crippen LogP) is 4.85. The molecule has 0 saturated heterocycles. The number of hydrogen-bond donors (Lipinski definition) is 2. The number of para-hydroxylation sites is 1. The summed E-state index contributed by atoms with van der Waals surface area (Å²) in [5.74, 6) is -2.01. The second-order valence-electron chi connectivity index (χ2n) is 9.75. The third-order valence-corrected chi connectivity index (χ3v) is 6.81. The summed E-state index contributed by atoms with van der Waals surface area (Å²) >= 11 is 0. The van der Waals surface area contributed by atoms with E-state index in [0.717, 1.165) is 19.3 Å². The summed E-state index contributed by atoms with van der Waals surface area (Å²) < 4.78 is 5.89. The minimum absolute atomic E-state index is 0.0233. The Hall–Kier alpha value is -3.61. The molecule has 2 N–H and O–H groups in total. The van der Waals surface area contributed by atoms with E-state index in [1.54, 1.807) is 47.4 Å². The number of nitrogens with zero attached hydrogens (tertiary/aromatic N) is 1. The van der Waals surface area contributed by atoms with Crippen molar-refractivity contribution >= 4 is 17.8 Å². The molecule has 0 saturated carbocycles. The second-order valence-corrected chi connectivity index (χ2v) is 9.75. The minimum Gasteiger partial charge on any atom is -0.483 e. The standard InChI is InChI=1S/C29H34N2O5/c1-19(2)30-25(32)18-36-24-15-9-8-14-23(24)27-26(29(34)35)21-12-6-7-13-22(21)28(33)31(27)17-16-20-10-4-3-5-11-20/h6-10,12-15,19,26-27H,3-5,11,16-18H2,1-2H3,(H,30,32)(H,34,35). The third-order valence-electron chi connectivity index (χ3n) is 6.81. The van der Waals surface area contributed by atoms with Crippen LogP contribution in [0.25, 0.3) is 0 Å². The number of carboxylic acid groups (broad SMARTS) is 1. The number of aliphatic carboxylic acids is 1. The Morgan fingerprint density at radius 2 is 1.81 bits per heavy atom. The van der Waals surface area contributed by atoms with Crippen LogP contribution in [-0.2, 0) is 9.59 Å². The lowest BCUT2D eigenvalue weighted by atomic mass is 9.79. The van der Waals surface area contributed by atoms with Crippen LogP contribution in [0, 0.1) is 0 Å². The molecule has 7 heteroatoms. The van der Waals surface area contributed by atoms with Gasteiger partial charge in [-0.1, -0.05) is 48.0 Å². The number of carbonyl (C=O) groups excluding carboxylic acids is 2. The van der Waals surface area contributed by atoms with Gasteiger partial charge < -0.3 is 20.1 Å². The molecule has 0 fully saturated rings. The van der Waals surface area contributed by atoms with Crippen molar-refractivity contribution in [1.29, 1.82) is 0 Å². The Balaban J connectivity index is 1.73.